The summed E-state index contributed by atoms with van der Waals surface area (Å²) in [5, 5.41) is 7.57. The van der Waals surface area contributed by atoms with E-state index in [4.69, 9.17) is 5.11 Å². The van der Waals surface area contributed by atoms with Gasteiger partial charge in [-0.3, -0.25) is 4.79 Å². The summed E-state index contributed by atoms with van der Waals surface area (Å²) in [6.07, 6.45) is -4.29. The average molecular weight is 289 g/mol. The fraction of sp³-hybridized carbons (Fsp3) is 0.500. The standard InChI is InChI=1S/C12H12F3NO.C2H6O/c1-8-2-3-9-4-5-16(7-10(9)6-8)11(17)12(13,14)15;1-2-3/h2-3,6H,4-5,7H2,1H3;3H,2H2,1H3. The quantitative estimate of drug-likeness (QED) is 0.797. The van der Waals surface area contributed by atoms with Gasteiger partial charge in [0.1, 0.15) is 0 Å². The Labute approximate surface area is 116 Å². The topological polar surface area (TPSA) is 40.5 Å². The molecule has 0 spiro atoms. The SMILES string of the molecule is CCO.Cc1ccc2c(c1)CN(C(=O)C(F)(F)F)CC2. The van der Waals surface area contributed by atoms with Gasteiger partial charge in [-0.2, -0.15) is 13.2 Å². The Morgan fingerprint density at radius 1 is 1.35 bits per heavy atom. The minimum Gasteiger partial charge on any atom is -0.397 e. The smallest absolute Gasteiger partial charge is 0.397 e. The zero-order valence-corrected chi connectivity index (χ0v) is 11.5. The minimum absolute atomic E-state index is 0.0509. The van der Waals surface area contributed by atoms with E-state index in [0.29, 0.717) is 6.42 Å². The number of halogens is 3. The van der Waals surface area contributed by atoms with Crippen molar-refractivity contribution in [2.24, 2.45) is 0 Å². The van der Waals surface area contributed by atoms with Crippen LogP contribution in [-0.4, -0.2) is 35.2 Å². The second-order valence-corrected chi connectivity index (χ2v) is 4.56. The van der Waals surface area contributed by atoms with Gasteiger partial charge in [-0.05, 0) is 31.4 Å². The third-order valence-electron chi connectivity index (χ3n) is 2.90. The molecule has 1 aliphatic heterocycles. The van der Waals surface area contributed by atoms with Gasteiger partial charge in [0.15, 0.2) is 0 Å². The number of aliphatic hydroxyl groups excluding tert-OH is 1. The highest BCUT2D eigenvalue weighted by Gasteiger charge is 2.43. The summed E-state index contributed by atoms with van der Waals surface area (Å²) in [7, 11) is 0. The van der Waals surface area contributed by atoms with Gasteiger partial charge >= 0.3 is 12.1 Å². The van der Waals surface area contributed by atoms with E-state index in [-0.39, 0.29) is 19.7 Å². The van der Waals surface area contributed by atoms with Gasteiger partial charge in [-0.25, -0.2) is 0 Å². The molecule has 20 heavy (non-hydrogen) atoms. The van der Waals surface area contributed by atoms with Crippen LogP contribution in [-0.2, 0) is 17.8 Å². The predicted octanol–water partition coefficient (Wildman–Crippen LogP) is 2.44. The van der Waals surface area contributed by atoms with E-state index in [0.717, 1.165) is 21.6 Å². The van der Waals surface area contributed by atoms with Crippen molar-refractivity contribution in [3.63, 3.8) is 0 Å². The van der Waals surface area contributed by atoms with Crippen LogP contribution in [0.15, 0.2) is 18.2 Å². The van der Waals surface area contributed by atoms with Crippen LogP contribution in [0, 0.1) is 6.92 Å². The lowest BCUT2D eigenvalue weighted by Crippen LogP contribution is -2.43. The number of aliphatic hydroxyl groups is 1. The number of fused-ring (bicyclic) bond motifs is 1. The predicted molar refractivity (Wildman–Crippen MR) is 69.1 cm³/mol. The number of rotatable bonds is 0. The molecule has 0 radical (unpaired) electrons. The molecule has 2 rings (SSSR count). The van der Waals surface area contributed by atoms with Gasteiger partial charge < -0.3 is 10.0 Å². The summed E-state index contributed by atoms with van der Waals surface area (Å²) < 4.78 is 36.9. The van der Waals surface area contributed by atoms with Crippen molar-refractivity contribution in [3.8, 4) is 0 Å². The lowest BCUT2D eigenvalue weighted by atomic mass is 9.98. The van der Waals surface area contributed by atoms with Crippen molar-refractivity contribution in [1.82, 2.24) is 4.90 Å². The lowest BCUT2D eigenvalue weighted by Gasteiger charge is -2.29. The lowest BCUT2D eigenvalue weighted by molar-refractivity contribution is -0.186. The summed E-state index contributed by atoms with van der Waals surface area (Å²) in [4.78, 5) is 12.0. The Morgan fingerprint density at radius 2 is 1.95 bits per heavy atom. The molecular formula is C14H18F3NO2. The first-order chi connectivity index (χ1) is 9.29. The molecule has 1 N–H and O–H groups in total. The number of nitrogens with zero attached hydrogens (tertiary/aromatic N) is 1. The Hall–Kier alpha value is -1.56. The van der Waals surface area contributed by atoms with Crippen LogP contribution in [0.3, 0.4) is 0 Å². The van der Waals surface area contributed by atoms with Crippen molar-refractivity contribution >= 4 is 5.91 Å². The molecule has 0 aliphatic carbocycles. The molecule has 0 fully saturated rings. The van der Waals surface area contributed by atoms with E-state index in [1.807, 2.05) is 25.1 Å². The van der Waals surface area contributed by atoms with Crippen LogP contribution in [0.2, 0.25) is 0 Å². The Bertz CT molecular complexity index is 472. The number of carbonyl (C=O) groups excluding carboxylic acids is 1. The highest BCUT2D eigenvalue weighted by molar-refractivity contribution is 5.82. The minimum atomic E-state index is -4.78. The third-order valence-corrected chi connectivity index (χ3v) is 2.90. The van der Waals surface area contributed by atoms with Gasteiger partial charge in [0.2, 0.25) is 0 Å². The Balaban J connectivity index is 0.000000612. The molecular weight excluding hydrogens is 271 g/mol. The maximum Gasteiger partial charge on any atom is 0.471 e. The van der Waals surface area contributed by atoms with E-state index in [1.165, 1.54) is 0 Å². The van der Waals surface area contributed by atoms with Crippen molar-refractivity contribution in [1.29, 1.82) is 0 Å². The summed E-state index contributed by atoms with van der Waals surface area (Å²) >= 11 is 0. The van der Waals surface area contributed by atoms with Crippen LogP contribution >= 0.6 is 0 Å². The number of carbonyl (C=O) groups is 1. The molecule has 112 valence electrons. The van der Waals surface area contributed by atoms with Crippen molar-refractivity contribution in [2.75, 3.05) is 13.2 Å². The van der Waals surface area contributed by atoms with Crippen molar-refractivity contribution in [2.45, 2.75) is 33.0 Å². The fourth-order valence-electron chi connectivity index (χ4n) is 2.04. The number of hydrogen-bond donors (Lipinski definition) is 1. The number of amides is 1. The van der Waals surface area contributed by atoms with Crippen LogP contribution in [0.5, 0.6) is 0 Å². The molecule has 0 bridgehead atoms. The monoisotopic (exact) mass is 289 g/mol. The van der Waals surface area contributed by atoms with Gasteiger partial charge in [-0.15, -0.1) is 0 Å². The number of aryl methyl sites for hydroxylation is 1. The molecule has 1 heterocycles. The normalized spacial score (nSPS) is 14.2. The first-order valence-corrected chi connectivity index (χ1v) is 6.35. The van der Waals surface area contributed by atoms with Crippen LogP contribution in [0.25, 0.3) is 0 Å². The number of alkyl halides is 3. The molecule has 1 amide bonds. The highest BCUT2D eigenvalue weighted by atomic mass is 19.4. The molecule has 0 saturated carbocycles. The van der Waals surface area contributed by atoms with Crippen molar-refractivity contribution < 1.29 is 23.1 Å². The third kappa shape index (κ3) is 4.23. The van der Waals surface area contributed by atoms with Gasteiger partial charge in [0, 0.05) is 19.7 Å². The molecule has 3 nitrogen and oxygen atoms in total. The highest BCUT2D eigenvalue weighted by Crippen LogP contribution is 2.25. The summed E-state index contributed by atoms with van der Waals surface area (Å²) in [6.45, 7) is 3.99. The van der Waals surface area contributed by atoms with Crippen LogP contribution < -0.4 is 0 Å². The summed E-state index contributed by atoms with van der Waals surface area (Å²) in [6, 6.07) is 5.69. The maximum absolute atomic E-state index is 12.3. The molecule has 0 unspecified atom stereocenters. The van der Waals surface area contributed by atoms with E-state index in [2.05, 4.69) is 0 Å². The molecule has 1 aromatic rings. The van der Waals surface area contributed by atoms with E-state index in [9.17, 15) is 18.0 Å². The van der Waals surface area contributed by atoms with Crippen molar-refractivity contribution in [3.05, 3.63) is 34.9 Å². The number of hydrogen-bond acceptors (Lipinski definition) is 2. The first-order valence-electron chi connectivity index (χ1n) is 6.35. The van der Waals surface area contributed by atoms with E-state index < -0.39 is 12.1 Å². The molecule has 0 saturated heterocycles. The first kappa shape index (κ1) is 16.5. The molecule has 0 aromatic heterocycles. The summed E-state index contributed by atoms with van der Waals surface area (Å²) in [5.41, 5.74) is 2.83. The molecule has 1 aromatic carbocycles. The second-order valence-electron chi connectivity index (χ2n) is 4.56. The Kier molecular flexibility index (Phi) is 5.56. The number of benzene rings is 1. The van der Waals surface area contributed by atoms with Gasteiger partial charge in [0.05, 0.1) is 0 Å². The second kappa shape index (κ2) is 6.74. The maximum atomic E-state index is 12.3. The van der Waals surface area contributed by atoms with Gasteiger partial charge in [-0.1, -0.05) is 23.8 Å². The fourth-order valence-corrected chi connectivity index (χ4v) is 2.04. The average Bonchev–Trinajstić information content (AvgIpc) is 2.36. The van der Waals surface area contributed by atoms with E-state index in [1.54, 1.807) is 6.92 Å². The van der Waals surface area contributed by atoms with E-state index >= 15 is 0 Å². The Morgan fingerprint density at radius 3 is 2.50 bits per heavy atom. The van der Waals surface area contributed by atoms with Crippen LogP contribution in [0.1, 0.15) is 23.6 Å². The zero-order valence-electron chi connectivity index (χ0n) is 11.5. The zero-order chi connectivity index (χ0) is 15.3. The van der Waals surface area contributed by atoms with Gasteiger partial charge in [0.25, 0.3) is 0 Å². The van der Waals surface area contributed by atoms with Crippen LogP contribution in [0.4, 0.5) is 13.2 Å². The molecule has 0 atom stereocenters. The molecule has 6 heteroatoms. The largest absolute Gasteiger partial charge is 0.471 e. The summed E-state index contributed by atoms with van der Waals surface area (Å²) in [5.74, 6) is -1.75. The molecule has 1 aliphatic rings.